The van der Waals surface area contributed by atoms with Crippen molar-refractivity contribution in [3.05, 3.63) is 95.1 Å². The van der Waals surface area contributed by atoms with Gasteiger partial charge in [-0.05, 0) is 64.1 Å². The molecule has 0 atom stereocenters. The summed E-state index contributed by atoms with van der Waals surface area (Å²) in [4.78, 5) is 0. The highest BCUT2D eigenvalue weighted by atomic mass is 16.3. The van der Waals surface area contributed by atoms with E-state index in [1.54, 1.807) is 24.3 Å². The van der Waals surface area contributed by atoms with Gasteiger partial charge in [0.05, 0.1) is 22.7 Å². The first-order valence-electron chi connectivity index (χ1n) is 10.7. The minimum atomic E-state index is -0.360. The molecule has 0 unspecified atom stereocenters. The van der Waals surface area contributed by atoms with E-state index in [0.717, 1.165) is 34.2 Å². The van der Waals surface area contributed by atoms with Crippen LogP contribution in [0, 0.1) is 0 Å². The Morgan fingerprint density at radius 3 is 1.55 bits per heavy atom. The molecule has 0 amide bonds. The zero-order valence-corrected chi connectivity index (χ0v) is 18.4. The molecule has 6 nitrogen and oxygen atoms in total. The van der Waals surface area contributed by atoms with Crippen molar-refractivity contribution in [2.24, 2.45) is 0 Å². The van der Waals surface area contributed by atoms with Crippen molar-refractivity contribution in [3.8, 4) is 22.6 Å². The molecule has 0 heterocycles. The second-order valence-corrected chi connectivity index (χ2v) is 8.13. The zero-order chi connectivity index (χ0) is 23.7. The Kier molecular flexibility index (Phi) is 5.75. The van der Waals surface area contributed by atoms with E-state index in [9.17, 15) is 10.2 Å². The number of phenolic OH excluding ortho intramolecular Hbond substituents is 2. The predicted molar refractivity (Wildman–Crippen MR) is 136 cm³/mol. The average molecular weight is 441 g/mol. The maximum Gasteiger partial charge on any atom is 0.161 e. The van der Waals surface area contributed by atoms with Gasteiger partial charge in [-0.2, -0.15) is 0 Å². The van der Waals surface area contributed by atoms with Crippen molar-refractivity contribution in [1.82, 2.24) is 0 Å². The van der Waals surface area contributed by atoms with E-state index in [4.69, 9.17) is 22.9 Å². The van der Waals surface area contributed by atoms with Gasteiger partial charge < -0.3 is 33.1 Å². The number of aromatic hydroxyl groups is 2. The van der Waals surface area contributed by atoms with Gasteiger partial charge in [-0.15, -0.1) is 0 Å². The van der Waals surface area contributed by atoms with E-state index in [2.05, 4.69) is 25.1 Å². The molecule has 0 saturated carbocycles. The summed E-state index contributed by atoms with van der Waals surface area (Å²) in [6.45, 7) is 2.13. The Morgan fingerprint density at radius 1 is 0.636 bits per heavy atom. The van der Waals surface area contributed by atoms with Crippen LogP contribution in [0.25, 0.3) is 11.1 Å². The molecule has 0 radical (unpaired) electrons. The van der Waals surface area contributed by atoms with Crippen molar-refractivity contribution in [2.45, 2.75) is 19.3 Å². The largest absolute Gasteiger partial charge is 0.504 e. The maximum atomic E-state index is 10.2. The SMILES string of the molecule is CCc1ccccc1-c1ccccc1C(c1cc(N)c(O)c(N)c1)c1cc(N)c(O)c(N)c1. The Hall–Kier alpha value is -4.32. The third kappa shape index (κ3) is 3.99. The van der Waals surface area contributed by atoms with Crippen LogP contribution in [0.5, 0.6) is 11.5 Å². The molecule has 0 aliphatic carbocycles. The minimum Gasteiger partial charge on any atom is -0.504 e. The summed E-state index contributed by atoms with van der Waals surface area (Å²) in [5.41, 5.74) is 31.0. The lowest BCUT2D eigenvalue weighted by atomic mass is 9.80. The lowest BCUT2D eigenvalue weighted by Crippen LogP contribution is -2.09. The Labute approximate surface area is 193 Å². The van der Waals surface area contributed by atoms with Crippen LogP contribution >= 0.6 is 0 Å². The summed E-state index contributed by atoms with van der Waals surface area (Å²) in [6, 6.07) is 23.2. The highest BCUT2D eigenvalue weighted by molar-refractivity contribution is 5.77. The highest BCUT2D eigenvalue weighted by Crippen LogP contribution is 2.44. The molecule has 0 spiro atoms. The van der Waals surface area contributed by atoms with E-state index in [-0.39, 0.29) is 40.2 Å². The fourth-order valence-electron chi connectivity index (χ4n) is 4.38. The summed E-state index contributed by atoms with van der Waals surface area (Å²) in [7, 11) is 0. The van der Waals surface area contributed by atoms with Gasteiger partial charge in [0.1, 0.15) is 0 Å². The van der Waals surface area contributed by atoms with Crippen molar-refractivity contribution in [3.63, 3.8) is 0 Å². The molecule has 4 rings (SSSR count). The Bertz CT molecular complexity index is 1230. The molecule has 0 aliphatic heterocycles. The fourth-order valence-corrected chi connectivity index (χ4v) is 4.38. The van der Waals surface area contributed by atoms with Gasteiger partial charge >= 0.3 is 0 Å². The van der Waals surface area contributed by atoms with Crippen molar-refractivity contribution in [2.75, 3.05) is 22.9 Å². The van der Waals surface area contributed by atoms with Crippen LogP contribution in [0.2, 0.25) is 0 Å². The summed E-state index contributed by atoms with van der Waals surface area (Å²) >= 11 is 0. The van der Waals surface area contributed by atoms with Crippen molar-refractivity contribution in [1.29, 1.82) is 0 Å². The lowest BCUT2D eigenvalue weighted by molar-refractivity contribution is 0.480. The molecule has 6 heteroatoms. The molecule has 0 aromatic heterocycles. The molecule has 4 aromatic carbocycles. The number of phenols is 2. The number of hydrogen-bond acceptors (Lipinski definition) is 6. The van der Waals surface area contributed by atoms with Crippen molar-refractivity contribution >= 4 is 22.7 Å². The molecule has 0 bridgehead atoms. The van der Waals surface area contributed by atoms with Crippen LogP contribution < -0.4 is 22.9 Å². The van der Waals surface area contributed by atoms with Gasteiger partial charge in [-0.1, -0.05) is 55.5 Å². The molecule has 4 aromatic rings. The van der Waals surface area contributed by atoms with Gasteiger partial charge in [0.25, 0.3) is 0 Å². The molecule has 0 saturated heterocycles. The summed E-state index contributed by atoms with van der Waals surface area (Å²) in [6.07, 6.45) is 0.882. The number of nitrogen functional groups attached to an aromatic ring is 4. The number of rotatable bonds is 5. The molecular formula is C27H28N4O2. The quantitative estimate of drug-likeness (QED) is 0.149. The number of anilines is 4. The van der Waals surface area contributed by atoms with E-state index in [1.807, 2.05) is 30.3 Å². The first kappa shape index (κ1) is 21.9. The van der Waals surface area contributed by atoms with Crippen LogP contribution in [0.4, 0.5) is 22.7 Å². The van der Waals surface area contributed by atoms with Crippen molar-refractivity contribution < 1.29 is 10.2 Å². The molecule has 168 valence electrons. The number of aryl methyl sites for hydroxylation is 1. The number of benzene rings is 4. The van der Waals surface area contributed by atoms with Crippen LogP contribution in [0.3, 0.4) is 0 Å². The van der Waals surface area contributed by atoms with E-state index < -0.39 is 0 Å². The third-order valence-corrected chi connectivity index (χ3v) is 6.01. The molecule has 0 fully saturated rings. The molecule has 0 aliphatic rings. The average Bonchev–Trinajstić information content (AvgIpc) is 2.81. The lowest BCUT2D eigenvalue weighted by Gasteiger charge is -2.25. The summed E-state index contributed by atoms with van der Waals surface area (Å²) in [5, 5.41) is 20.3. The predicted octanol–water partition coefficient (Wildman–Crippen LogP) is 4.84. The fraction of sp³-hybridized carbons (Fsp3) is 0.111. The van der Waals surface area contributed by atoms with E-state index >= 15 is 0 Å². The zero-order valence-electron chi connectivity index (χ0n) is 18.4. The number of hydrogen-bond donors (Lipinski definition) is 6. The Morgan fingerprint density at radius 2 is 1.06 bits per heavy atom. The van der Waals surface area contributed by atoms with Gasteiger partial charge in [0.2, 0.25) is 0 Å². The van der Waals surface area contributed by atoms with E-state index in [0.29, 0.717) is 0 Å². The van der Waals surface area contributed by atoms with Crippen LogP contribution in [0.15, 0.2) is 72.8 Å². The highest BCUT2D eigenvalue weighted by Gasteiger charge is 2.24. The standard InChI is InChI=1S/C27H28N4O2/c1-2-15-7-3-4-8-18(15)19-9-5-6-10-20(19)25(16-11-21(28)26(32)22(29)12-16)17-13-23(30)27(33)24(31)14-17/h3-14,25,32-33H,2,28-31H2,1H3. The smallest absolute Gasteiger partial charge is 0.161 e. The molecule has 33 heavy (non-hydrogen) atoms. The van der Waals surface area contributed by atoms with Crippen LogP contribution in [0.1, 0.15) is 35.1 Å². The second-order valence-electron chi connectivity index (χ2n) is 8.13. The normalized spacial score (nSPS) is 11.1. The first-order chi connectivity index (χ1) is 15.8. The molecular weight excluding hydrogens is 412 g/mol. The second kappa shape index (κ2) is 8.67. The minimum absolute atomic E-state index is 0.146. The van der Waals surface area contributed by atoms with Gasteiger partial charge in [-0.25, -0.2) is 0 Å². The van der Waals surface area contributed by atoms with E-state index in [1.165, 1.54) is 5.56 Å². The summed E-state index contributed by atoms with van der Waals surface area (Å²) in [5.74, 6) is -0.653. The van der Waals surface area contributed by atoms with Gasteiger partial charge in [-0.3, -0.25) is 0 Å². The monoisotopic (exact) mass is 440 g/mol. The maximum absolute atomic E-state index is 10.2. The van der Waals surface area contributed by atoms with Gasteiger partial charge in [0, 0.05) is 5.92 Å². The van der Waals surface area contributed by atoms with Gasteiger partial charge in [0.15, 0.2) is 11.5 Å². The van der Waals surface area contributed by atoms with Crippen LogP contribution in [-0.2, 0) is 6.42 Å². The van der Waals surface area contributed by atoms with Crippen LogP contribution in [-0.4, -0.2) is 10.2 Å². The summed E-state index contributed by atoms with van der Waals surface area (Å²) < 4.78 is 0. The topological polar surface area (TPSA) is 145 Å². The first-order valence-corrected chi connectivity index (χ1v) is 10.7. The Balaban J connectivity index is 2.04. The number of nitrogens with two attached hydrogens (primary N) is 4. The molecule has 10 N–H and O–H groups in total. The third-order valence-electron chi connectivity index (χ3n) is 6.01.